The van der Waals surface area contributed by atoms with E-state index in [9.17, 15) is 4.79 Å². The number of carbonyl (C=O) groups is 1. The highest BCUT2D eigenvalue weighted by molar-refractivity contribution is 6.03. The molecule has 31 heavy (non-hydrogen) atoms. The Labute approximate surface area is 180 Å². The minimum Gasteiger partial charge on any atom is -0.369 e. The molecule has 1 fully saturated rings. The van der Waals surface area contributed by atoms with Crippen LogP contribution in [0.2, 0.25) is 0 Å². The van der Waals surface area contributed by atoms with Crippen LogP contribution in [-0.4, -0.2) is 46.7 Å². The van der Waals surface area contributed by atoms with Crippen LogP contribution in [0.1, 0.15) is 16.1 Å². The normalized spacial score (nSPS) is 14.0. The van der Waals surface area contributed by atoms with Gasteiger partial charge in [-0.15, -0.1) is 0 Å². The maximum Gasteiger partial charge on any atom is 0.274 e. The van der Waals surface area contributed by atoms with E-state index in [0.717, 1.165) is 48.6 Å². The predicted octanol–water partition coefficient (Wildman–Crippen LogP) is 3.37. The van der Waals surface area contributed by atoms with Crippen LogP contribution in [0.5, 0.6) is 0 Å². The second-order valence-corrected chi connectivity index (χ2v) is 7.75. The third-order valence-electron chi connectivity index (χ3n) is 5.54. The fourth-order valence-corrected chi connectivity index (χ4v) is 3.89. The minimum absolute atomic E-state index is 0.242. The van der Waals surface area contributed by atoms with Crippen LogP contribution in [0.3, 0.4) is 0 Å². The van der Waals surface area contributed by atoms with Crippen molar-refractivity contribution in [2.24, 2.45) is 0 Å². The Balaban J connectivity index is 1.36. The number of aromatic nitrogens is 3. The fraction of sp³-hybridized carbons (Fsp3) is 0.208. The van der Waals surface area contributed by atoms with Gasteiger partial charge in [0.1, 0.15) is 5.69 Å². The number of carbonyl (C=O) groups excluding carboxylic acids is 1. The van der Waals surface area contributed by atoms with E-state index in [2.05, 4.69) is 44.7 Å². The zero-order chi connectivity index (χ0) is 21.2. The van der Waals surface area contributed by atoms with E-state index < -0.39 is 0 Å². The highest BCUT2D eigenvalue weighted by atomic mass is 16.1. The molecule has 0 spiro atoms. The lowest BCUT2D eigenvalue weighted by molar-refractivity contribution is 0.102. The summed E-state index contributed by atoms with van der Waals surface area (Å²) in [6.07, 6.45) is 3.55. The van der Waals surface area contributed by atoms with Crippen molar-refractivity contribution in [1.82, 2.24) is 19.9 Å². The monoisotopic (exact) mass is 412 g/mol. The molecule has 0 saturated carbocycles. The van der Waals surface area contributed by atoms with Crippen molar-refractivity contribution in [1.29, 1.82) is 0 Å². The molecule has 1 saturated heterocycles. The van der Waals surface area contributed by atoms with Gasteiger partial charge >= 0.3 is 0 Å². The van der Waals surface area contributed by atoms with Crippen LogP contribution < -0.4 is 15.5 Å². The second-order valence-electron chi connectivity index (χ2n) is 7.75. The molecule has 156 valence electrons. The third kappa shape index (κ3) is 4.00. The molecule has 1 aliphatic heterocycles. The number of amides is 1. The quantitative estimate of drug-likeness (QED) is 0.538. The average Bonchev–Trinajstić information content (AvgIpc) is 3.23. The predicted molar refractivity (Wildman–Crippen MR) is 123 cm³/mol. The molecular weight excluding hydrogens is 388 g/mol. The van der Waals surface area contributed by atoms with Gasteiger partial charge in [-0.05, 0) is 42.8 Å². The highest BCUT2D eigenvalue weighted by Crippen LogP contribution is 2.24. The van der Waals surface area contributed by atoms with Crippen LogP contribution in [0.4, 0.5) is 11.4 Å². The summed E-state index contributed by atoms with van der Waals surface area (Å²) >= 11 is 0. The molecule has 3 heterocycles. The van der Waals surface area contributed by atoms with Gasteiger partial charge in [-0.2, -0.15) is 5.10 Å². The minimum atomic E-state index is -0.242. The Bertz CT molecular complexity index is 1220. The van der Waals surface area contributed by atoms with Gasteiger partial charge in [0.15, 0.2) is 5.65 Å². The van der Waals surface area contributed by atoms with Crippen LogP contribution in [-0.2, 0) is 0 Å². The molecule has 2 N–H and O–H groups in total. The average molecular weight is 412 g/mol. The van der Waals surface area contributed by atoms with Gasteiger partial charge in [-0.3, -0.25) is 4.79 Å². The van der Waals surface area contributed by atoms with E-state index in [4.69, 9.17) is 0 Å². The zero-order valence-electron chi connectivity index (χ0n) is 17.4. The van der Waals surface area contributed by atoms with Gasteiger partial charge < -0.3 is 15.5 Å². The van der Waals surface area contributed by atoms with E-state index in [1.807, 2.05) is 36.4 Å². The van der Waals surface area contributed by atoms with Gasteiger partial charge in [0, 0.05) is 49.3 Å². The molecule has 7 heteroatoms. The summed E-state index contributed by atoms with van der Waals surface area (Å²) in [4.78, 5) is 19.8. The maximum atomic E-state index is 12.8. The number of aryl methyl sites for hydroxylation is 1. The lowest BCUT2D eigenvalue weighted by Gasteiger charge is -2.29. The van der Waals surface area contributed by atoms with Gasteiger partial charge in [0.05, 0.1) is 6.20 Å². The first-order chi connectivity index (χ1) is 15.2. The summed E-state index contributed by atoms with van der Waals surface area (Å²) < 4.78 is 1.69. The molecule has 1 aliphatic rings. The number of rotatable bonds is 4. The van der Waals surface area contributed by atoms with Crippen molar-refractivity contribution in [3.8, 4) is 11.1 Å². The Morgan fingerprint density at radius 2 is 1.87 bits per heavy atom. The number of nitrogens with one attached hydrogen (secondary N) is 2. The second kappa shape index (κ2) is 8.20. The zero-order valence-corrected chi connectivity index (χ0v) is 17.4. The fourth-order valence-electron chi connectivity index (χ4n) is 3.89. The molecule has 1 amide bonds. The molecule has 5 rings (SSSR count). The van der Waals surface area contributed by atoms with Crippen LogP contribution in [0.25, 0.3) is 16.8 Å². The molecule has 2 aromatic heterocycles. The summed E-state index contributed by atoms with van der Waals surface area (Å²) in [7, 11) is 0. The molecule has 0 bridgehead atoms. The summed E-state index contributed by atoms with van der Waals surface area (Å²) in [6, 6.07) is 17.8. The van der Waals surface area contributed by atoms with E-state index in [0.29, 0.717) is 11.3 Å². The van der Waals surface area contributed by atoms with Crippen molar-refractivity contribution in [2.45, 2.75) is 6.92 Å². The Morgan fingerprint density at radius 1 is 1.06 bits per heavy atom. The first-order valence-electron chi connectivity index (χ1n) is 10.5. The molecule has 4 aromatic rings. The summed E-state index contributed by atoms with van der Waals surface area (Å²) in [5.74, 6) is -0.242. The van der Waals surface area contributed by atoms with E-state index in [-0.39, 0.29) is 5.91 Å². The maximum absolute atomic E-state index is 12.8. The number of fused-ring (bicyclic) bond motifs is 1. The number of benzene rings is 2. The molecule has 0 atom stereocenters. The SMILES string of the molecule is Cc1cccc(-c2cnn3ccc(C(=O)Nc4ccc(N5CCNCC5)cc4)nc23)c1. The Hall–Kier alpha value is -3.71. The van der Waals surface area contributed by atoms with Gasteiger partial charge in [0.2, 0.25) is 0 Å². The molecule has 0 radical (unpaired) electrons. The van der Waals surface area contributed by atoms with Crippen molar-refractivity contribution in [2.75, 3.05) is 36.4 Å². The van der Waals surface area contributed by atoms with E-state index in [1.165, 1.54) is 5.69 Å². The summed E-state index contributed by atoms with van der Waals surface area (Å²) in [5.41, 5.74) is 6.02. The molecule has 0 unspecified atom stereocenters. The smallest absolute Gasteiger partial charge is 0.274 e. The Morgan fingerprint density at radius 3 is 2.65 bits per heavy atom. The third-order valence-corrected chi connectivity index (χ3v) is 5.54. The topological polar surface area (TPSA) is 74.6 Å². The molecule has 0 aliphatic carbocycles. The number of piperazine rings is 1. The number of anilines is 2. The summed E-state index contributed by atoms with van der Waals surface area (Å²) in [6.45, 7) is 6.01. The number of hydrogen-bond donors (Lipinski definition) is 2. The standard InChI is InChI=1S/C24H24N6O/c1-17-3-2-4-18(15-17)21-16-26-30-12-9-22(28-23(21)30)24(31)27-19-5-7-20(8-6-19)29-13-10-25-11-14-29/h2-9,12,15-16,25H,10-11,13-14H2,1H3,(H,27,31). The van der Waals surface area contributed by atoms with Crippen LogP contribution in [0.15, 0.2) is 67.0 Å². The van der Waals surface area contributed by atoms with Crippen molar-refractivity contribution in [3.05, 3.63) is 78.2 Å². The van der Waals surface area contributed by atoms with E-state index in [1.54, 1.807) is 23.0 Å². The van der Waals surface area contributed by atoms with Gasteiger partial charge in [0.25, 0.3) is 5.91 Å². The van der Waals surface area contributed by atoms with E-state index >= 15 is 0 Å². The first-order valence-corrected chi connectivity index (χ1v) is 10.5. The van der Waals surface area contributed by atoms with Crippen LogP contribution >= 0.6 is 0 Å². The Kier molecular flexibility index (Phi) is 5.09. The van der Waals surface area contributed by atoms with Crippen molar-refractivity contribution in [3.63, 3.8) is 0 Å². The molecule has 7 nitrogen and oxygen atoms in total. The van der Waals surface area contributed by atoms with Gasteiger partial charge in [-0.25, -0.2) is 9.50 Å². The van der Waals surface area contributed by atoms with Gasteiger partial charge in [-0.1, -0.05) is 29.8 Å². The van der Waals surface area contributed by atoms with Crippen molar-refractivity contribution < 1.29 is 4.79 Å². The molecule has 2 aromatic carbocycles. The van der Waals surface area contributed by atoms with Crippen LogP contribution in [0, 0.1) is 6.92 Å². The first kappa shape index (κ1) is 19.3. The van der Waals surface area contributed by atoms with Crippen molar-refractivity contribution >= 4 is 22.9 Å². The number of nitrogens with zero attached hydrogens (tertiary/aromatic N) is 4. The number of hydrogen-bond acceptors (Lipinski definition) is 5. The lowest BCUT2D eigenvalue weighted by atomic mass is 10.1. The highest BCUT2D eigenvalue weighted by Gasteiger charge is 2.14. The molecular formula is C24H24N6O. The lowest BCUT2D eigenvalue weighted by Crippen LogP contribution is -2.43. The summed E-state index contributed by atoms with van der Waals surface area (Å²) in [5, 5.41) is 10.7. The largest absolute Gasteiger partial charge is 0.369 e.